The first-order valence-corrected chi connectivity index (χ1v) is 6.32. The van der Waals surface area contributed by atoms with Crippen molar-refractivity contribution in [1.82, 2.24) is 15.3 Å². The van der Waals surface area contributed by atoms with E-state index in [0.29, 0.717) is 5.92 Å². The van der Waals surface area contributed by atoms with Gasteiger partial charge in [0.2, 0.25) is 0 Å². The summed E-state index contributed by atoms with van der Waals surface area (Å²) in [5.41, 5.74) is 2.33. The molecule has 2 rings (SSSR count). The average Bonchev–Trinajstić information content (AvgIpc) is 2.40. The van der Waals surface area contributed by atoms with Crippen LogP contribution in [-0.4, -0.2) is 9.97 Å². The van der Waals surface area contributed by atoms with Crippen molar-refractivity contribution in [2.45, 2.75) is 32.9 Å². The quantitative estimate of drug-likeness (QED) is 0.874. The van der Waals surface area contributed by atoms with Gasteiger partial charge in [0, 0.05) is 25.2 Å². The van der Waals surface area contributed by atoms with E-state index in [1.807, 2.05) is 18.3 Å². The molecule has 0 aliphatic rings. The summed E-state index contributed by atoms with van der Waals surface area (Å²) in [6.07, 6.45) is 1.84. The summed E-state index contributed by atoms with van der Waals surface area (Å²) in [4.78, 5) is 8.80. The Labute approximate surface area is 108 Å². The molecule has 0 saturated heterocycles. The second-order valence-corrected chi connectivity index (χ2v) is 4.65. The van der Waals surface area contributed by atoms with E-state index in [9.17, 15) is 0 Å². The summed E-state index contributed by atoms with van der Waals surface area (Å²) >= 11 is 0. The summed E-state index contributed by atoms with van der Waals surface area (Å²) in [5.74, 6) is 1.29. The Morgan fingerprint density at radius 2 is 1.83 bits per heavy atom. The van der Waals surface area contributed by atoms with Gasteiger partial charge in [-0.3, -0.25) is 0 Å². The zero-order chi connectivity index (χ0) is 12.8. The molecule has 0 atom stereocenters. The lowest BCUT2D eigenvalue weighted by Gasteiger charge is -2.07. The van der Waals surface area contributed by atoms with Gasteiger partial charge in [-0.2, -0.15) is 0 Å². The number of nitrogens with one attached hydrogen (secondary N) is 1. The lowest BCUT2D eigenvalue weighted by molar-refractivity contribution is 0.664. The Kier molecular flexibility index (Phi) is 4.42. The van der Waals surface area contributed by atoms with Crippen molar-refractivity contribution in [2.24, 2.45) is 0 Å². The molecule has 1 aromatic heterocycles. The van der Waals surface area contributed by atoms with E-state index in [4.69, 9.17) is 0 Å². The molecule has 2 aromatic rings. The average molecular weight is 241 g/mol. The van der Waals surface area contributed by atoms with Crippen molar-refractivity contribution in [3.05, 3.63) is 59.7 Å². The fourth-order valence-corrected chi connectivity index (χ4v) is 1.72. The molecule has 3 nitrogen and oxygen atoms in total. The van der Waals surface area contributed by atoms with E-state index in [0.717, 1.165) is 24.6 Å². The Morgan fingerprint density at radius 1 is 1.06 bits per heavy atom. The van der Waals surface area contributed by atoms with E-state index in [2.05, 4.69) is 53.4 Å². The van der Waals surface area contributed by atoms with E-state index in [1.54, 1.807) is 0 Å². The summed E-state index contributed by atoms with van der Waals surface area (Å²) in [5, 5.41) is 3.39. The number of nitrogens with zero attached hydrogens (tertiary/aromatic N) is 2. The second kappa shape index (κ2) is 6.26. The number of benzene rings is 1. The first kappa shape index (κ1) is 12.7. The lowest BCUT2D eigenvalue weighted by atomic mass is 10.2. The van der Waals surface area contributed by atoms with Crippen LogP contribution in [0.15, 0.2) is 42.6 Å². The monoisotopic (exact) mass is 241 g/mol. The topological polar surface area (TPSA) is 37.8 Å². The minimum atomic E-state index is 0.374. The Bertz CT molecular complexity index is 480. The summed E-state index contributed by atoms with van der Waals surface area (Å²) < 4.78 is 0. The zero-order valence-electron chi connectivity index (χ0n) is 10.9. The largest absolute Gasteiger partial charge is 0.307 e. The minimum Gasteiger partial charge on any atom is -0.307 e. The van der Waals surface area contributed by atoms with Crippen LogP contribution in [0.25, 0.3) is 0 Å². The highest BCUT2D eigenvalue weighted by Gasteiger charge is 2.03. The van der Waals surface area contributed by atoms with Crippen molar-refractivity contribution in [3.63, 3.8) is 0 Å². The van der Waals surface area contributed by atoms with Crippen LogP contribution in [0.5, 0.6) is 0 Å². The molecule has 1 aromatic carbocycles. The first-order valence-electron chi connectivity index (χ1n) is 6.32. The molecule has 0 saturated carbocycles. The molecule has 0 amide bonds. The molecule has 0 bridgehead atoms. The Balaban J connectivity index is 1.89. The maximum atomic E-state index is 4.53. The molecular weight excluding hydrogens is 222 g/mol. The minimum absolute atomic E-state index is 0.374. The van der Waals surface area contributed by atoms with Crippen LogP contribution < -0.4 is 5.32 Å². The van der Waals surface area contributed by atoms with Gasteiger partial charge in [0.25, 0.3) is 0 Å². The molecule has 18 heavy (non-hydrogen) atoms. The molecule has 1 N–H and O–H groups in total. The van der Waals surface area contributed by atoms with Gasteiger partial charge in [-0.05, 0) is 11.6 Å². The highest BCUT2D eigenvalue weighted by Crippen LogP contribution is 2.08. The van der Waals surface area contributed by atoms with Gasteiger partial charge in [-0.25, -0.2) is 9.97 Å². The number of hydrogen-bond acceptors (Lipinski definition) is 3. The van der Waals surface area contributed by atoms with Gasteiger partial charge in [-0.1, -0.05) is 44.2 Å². The third kappa shape index (κ3) is 3.64. The lowest BCUT2D eigenvalue weighted by Crippen LogP contribution is -2.14. The summed E-state index contributed by atoms with van der Waals surface area (Å²) in [7, 11) is 0. The maximum absolute atomic E-state index is 4.53. The highest BCUT2D eigenvalue weighted by atomic mass is 14.9. The Hall–Kier alpha value is -1.74. The van der Waals surface area contributed by atoms with Gasteiger partial charge in [0.05, 0.1) is 5.69 Å². The van der Waals surface area contributed by atoms with Gasteiger partial charge < -0.3 is 5.32 Å². The first-order chi connectivity index (χ1) is 8.75. The molecule has 94 valence electrons. The molecule has 1 heterocycles. The third-order valence-corrected chi connectivity index (χ3v) is 2.73. The third-order valence-electron chi connectivity index (χ3n) is 2.73. The van der Waals surface area contributed by atoms with Gasteiger partial charge in [0.1, 0.15) is 5.82 Å². The molecule has 0 aliphatic carbocycles. The zero-order valence-corrected chi connectivity index (χ0v) is 10.9. The molecule has 0 radical (unpaired) electrons. The molecule has 0 spiro atoms. The number of hydrogen-bond donors (Lipinski definition) is 1. The van der Waals surface area contributed by atoms with Crippen LogP contribution in [0.2, 0.25) is 0 Å². The molecule has 3 heteroatoms. The van der Waals surface area contributed by atoms with Crippen molar-refractivity contribution in [2.75, 3.05) is 0 Å². The maximum Gasteiger partial charge on any atom is 0.131 e. The van der Waals surface area contributed by atoms with Crippen LogP contribution >= 0.6 is 0 Å². The van der Waals surface area contributed by atoms with E-state index >= 15 is 0 Å². The smallest absolute Gasteiger partial charge is 0.131 e. The molecule has 0 fully saturated rings. The van der Waals surface area contributed by atoms with Crippen molar-refractivity contribution >= 4 is 0 Å². The van der Waals surface area contributed by atoms with Gasteiger partial charge >= 0.3 is 0 Å². The number of aromatic nitrogens is 2. The normalized spacial score (nSPS) is 10.8. The van der Waals surface area contributed by atoms with E-state index < -0.39 is 0 Å². The van der Waals surface area contributed by atoms with Crippen molar-refractivity contribution in [3.8, 4) is 0 Å². The predicted octanol–water partition coefficient (Wildman–Crippen LogP) is 2.89. The van der Waals surface area contributed by atoms with Crippen molar-refractivity contribution < 1.29 is 0 Å². The van der Waals surface area contributed by atoms with Crippen LogP contribution in [0.4, 0.5) is 0 Å². The number of rotatable bonds is 5. The standard InChI is InChI=1S/C15H19N3/c1-12(2)15-17-9-8-14(18-15)11-16-10-13-6-4-3-5-7-13/h3-9,12,16H,10-11H2,1-2H3. The van der Waals surface area contributed by atoms with Crippen LogP contribution in [0.3, 0.4) is 0 Å². The molecule has 0 aliphatic heterocycles. The van der Waals surface area contributed by atoms with Gasteiger partial charge in [-0.15, -0.1) is 0 Å². The highest BCUT2D eigenvalue weighted by molar-refractivity contribution is 5.14. The molecule has 0 unspecified atom stereocenters. The predicted molar refractivity (Wildman–Crippen MR) is 73.1 cm³/mol. The fourth-order valence-electron chi connectivity index (χ4n) is 1.72. The summed E-state index contributed by atoms with van der Waals surface area (Å²) in [6, 6.07) is 12.3. The van der Waals surface area contributed by atoms with Crippen molar-refractivity contribution in [1.29, 1.82) is 0 Å². The molecular formula is C15H19N3. The SMILES string of the molecule is CC(C)c1nccc(CNCc2ccccc2)n1. The second-order valence-electron chi connectivity index (χ2n) is 4.65. The van der Waals surface area contributed by atoms with E-state index in [1.165, 1.54) is 5.56 Å². The summed E-state index contributed by atoms with van der Waals surface area (Å²) in [6.45, 7) is 5.85. The van der Waals surface area contributed by atoms with Gasteiger partial charge in [0.15, 0.2) is 0 Å². The van der Waals surface area contributed by atoms with Crippen LogP contribution in [-0.2, 0) is 13.1 Å². The Morgan fingerprint density at radius 3 is 2.56 bits per heavy atom. The van der Waals surface area contributed by atoms with E-state index in [-0.39, 0.29) is 0 Å². The van der Waals surface area contributed by atoms with Crippen LogP contribution in [0.1, 0.15) is 36.8 Å². The fraction of sp³-hybridized carbons (Fsp3) is 0.333. The van der Waals surface area contributed by atoms with Crippen LogP contribution in [0, 0.1) is 0 Å².